The summed E-state index contributed by atoms with van der Waals surface area (Å²) in [5, 5.41) is 21.9. The van der Waals surface area contributed by atoms with E-state index in [2.05, 4.69) is 21.5 Å². The van der Waals surface area contributed by atoms with Crippen molar-refractivity contribution in [3.8, 4) is 22.5 Å². The predicted octanol–water partition coefficient (Wildman–Crippen LogP) is 5.53. The van der Waals surface area contributed by atoms with E-state index >= 15 is 0 Å². The Hall–Kier alpha value is -5.38. The molecule has 188 valence electrons. The Bertz CT molecular complexity index is 1650. The number of nitro groups is 1. The number of rotatable bonds is 7. The summed E-state index contributed by atoms with van der Waals surface area (Å²) < 4.78 is 0.913. The van der Waals surface area contributed by atoms with E-state index in [0.29, 0.717) is 33.4 Å². The topological polar surface area (TPSA) is 127 Å². The van der Waals surface area contributed by atoms with Crippen molar-refractivity contribution in [2.75, 3.05) is 4.90 Å². The van der Waals surface area contributed by atoms with Gasteiger partial charge in [0.15, 0.2) is 5.82 Å². The summed E-state index contributed by atoms with van der Waals surface area (Å²) in [5.41, 5.74) is 4.73. The van der Waals surface area contributed by atoms with Gasteiger partial charge in [0.1, 0.15) is 11.8 Å². The van der Waals surface area contributed by atoms with E-state index in [9.17, 15) is 20.1 Å². The number of imidazole rings is 1. The molecule has 10 heteroatoms. The predicted molar refractivity (Wildman–Crippen MR) is 142 cm³/mol. The third-order valence-corrected chi connectivity index (χ3v) is 6.28. The van der Waals surface area contributed by atoms with Gasteiger partial charge in [-0.2, -0.15) is 4.73 Å². The molecule has 1 N–H and O–H groups in total. The number of fused-ring (bicyclic) bond motifs is 1. The van der Waals surface area contributed by atoms with Gasteiger partial charge in [-0.25, -0.2) is 15.0 Å². The van der Waals surface area contributed by atoms with Crippen LogP contribution in [0.1, 0.15) is 28.9 Å². The number of benzene rings is 3. The molecule has 2 heterocycles. The Kier molecular flexibility index (Phi) is 6.36. The Morgan fingerprint density at radius 1 is 1.03 bits per heavy atom. The first-order chi connectivity index (χ1) is 18.4. The Balaban J connectivity index is 1.39. The standard InChI is InChI=1S/C28H22N6O4/c1-3-32(28(35)21-6-4-19(5-7-21)23-15-29-17-30-16-23)24-11-8-20(9-12-24)27-31-25-13-10-22(18(2)34(37)38)14-26(25)33(27)36/h3-18,36H,1H2,2H3. The van der Waals surface area contributed by atoms with E-state index in [4.69, 9.17) is 0 Å². The fraction of sp³-hybridized carbons (Fsp3) is 0.0714. The van der Waals surface area contributed by atoms with Crippen LogP contribution in [0.3, 0.4) is 0 Å². The van der Waals surface area contributed by atoms with Gasteiger partial charge in [0.25, 0.3) is 5.91 Å². The molecule has 10 nitrogen and oxygen atoms in total. The Labute approximate surface area is 217 Å². The molecule has 2 aromatic heterocycles. The number of hydrogen-bond donors (Lipinski definition) is 1. The third-order valence-electron chi connectivity index (χ3n) is 6.28. The van der Waals surface area contributed by atoms with Crippen LogP contribution in [0.4, 0.5) is 5.69 Å². The molecule has 0 fully saturated rings. The van der Waals surface area contributed by atoms with E-state index in [0.717, 1.165) is 15.9 Å². The highest BCUT2D eigenvalue weighted by Crippen LogP contribution is 2.29. The lowest BCUT2D eigenvalue weighted by atomic mass is 10.1. The molecule has 5 rings (SSSR count). The maximum atomic E-state index is 13.2. The monoisotopic (exact) mass is 506 g/mol. The highest BCUT2D eigenvalue weighted by Gasteiger charge is 2.20. The molecule has 0 aliphatic heterocycles. The van der Waals surface area contributed by atoms with Crippen LogP contribution < -0.4 is 4.90 Å². The lowest BCUT2D eigenvalue weighted by molar-refractivity contribution is -0.524. The number of amides is 1. The van der Waals surface area contributed by atoms with Gasteiger partial charge in [0.2, 0.25) is 6.04 Å². The molecule has 0 spiro atoms. The summed E-state index contributed by atoms with van der Waals surface area (Å²) in [6.07, 6.45) is 6.30. The minimum absolute atomic E-state index is 0.259. The van der Waals surface area contributed by atoms with Crippen molar-refractivity contribution in [2.24, 2.45) is 0 Å². The molecular weight excluding hydrogens is 484 g/mol. The maximum Gasteiger partial charge on any atom is 0.262 e. The fourth-order valence-corrected chi connectivity index (χ4v) is 4.12. The molecule has 0 aliphatic carbocycles. The molecule has 0 saturated heterocycles. The number of anilines is 1. The van der Waals surface area contributed by atoms with Crippen LogP contribution >= 0.6 is 0 Å². The van der Waals surface area contributed by atoms with E-state index in [1.54, 1.807) is 67.0 Å². The SMILES string of the molecule is C=CN(C(=O)c1ccc(-c2cncnc2)cc1)c1ccc(-c2nc3ccc(C(C)[N+](=O)[O-])cc3n2O)cc1. The summed E-state index contributed by atoms with van der Waals surface area (Å²) in [6, 6.07) is 18.0. The average Bonchev–Trinajstić information content (AvgIpc) is 3.29. The van der Waals surface area contributed by atoms with E-state index in [-0.39, 0.29) is 11.7 Å². The third kappa shape index (κ3) is 4.46. The van der Waals surface area contributed by atoms with Gasteiger partial charge in [0.05, 0.1) is 5.52 Å². The summed E-state index contributed by atoms with van der Waals surface area (Å²) in [5.74, 6) is 0.0138. The van der Waals surface area contributed by atoms with Gasteiger partial charge in [-0.15, -0.1) is 0 Å². The second kappa shape index (κ2) is 9.94. The minimum atomic E-state index is -0.914. The van der Waals surface area contributed by atoms with Crippen molar-refractivity contribution in [3.05, 3.63) is 119 Å². The molecule has 1 atom stereocenters. The quantitative estimate of drug-likeness (QED) is 0.175. The van der Waals surface area contributed by atoms with Crippen molar-refractivity contribution >= 4 is 22.6 Å². The van der Waals surface area contributed by atoms with Gasteiger partial charge in [0, 0.05) is 58.4 Å². The number of hydrogen-bond acceptors (Lipinski definition) is 7. The molecule has 5 aromatic rings. The van der Waals surface area contributed by atoms with Crippen molar-refractivity contribution in [3.63, 3.8) is 0 Å². The van der Waals surface area contributed by atoms with Crippen LogP contribution in [0.2, 0.25) is 0 Å². The number of aromatic nitrogens is 4. The Morgan fingerprint density at radius 2 is 1.68 bits per heavy atom. The first-order valence-electron chi connectivity index (χ1n) is 11.6. The van der Waals surface area contributed by atoms with E-state index in [1.807, 2.05) is 12.1 Å². The molecular formula is C28H22N6O4. The smallest absolute Gasteiger partial charge is 0.262 e. The van der Waals surface area contributed by atoms with Gasteiger partial charge in [-0.05, 0) is 60.2 Å². The van der Waals surface area contributed by atoms with Crippen LogP contribution in [-0.2, 0) is 0 Å². The zero-order chi connectivity index (χ0) is 26.8. The normalized spacial score (nSPS) is 11.7. The lowest BCUT2D eigenvalue weighted by Gasteiger charge is -2.19. The first-order valence-corrected chi connectivity index (χ1v) is 11.6. The summed E-state index contributed by atoms with van der Waals surface area (Å²) in [4.78, 5) is 37.9. The Morgan fingerprint density at radius 3 is 2.32 bits per heavy atom. The zero-order valence-corrected chi connectivity index (χ0v) is 20.3. The lowest BCUT2D eigenvalue weighted by Crippen LogP contribution is -2.24. The fourth-order valence-electron chi connectivity index (χ4n) is 4.12. The van der Waals surface area contributed by atoms with Gasteiger partial charge >= 0.3 is 0 Å². The molecule has 1 unspecified atom stereocenters. The van der Waals surface area contributed by atoms with Crippen molar-refractivity contribution in [2.45, 2.75) is 13.0 Å². The molecule has 0 saturated carbocycles. The van der Waals surface area contributed by atoms with Gasteiger partial charge in [-0.1, -0.05) is 18.7 Å². The first kappa shape index (κ1) is 24.3. The second-order valence-electron chi connectivity index (χ2n) is 8.57. The molecule has 0 bridgehead atoms. The van der Waals surface area contributed by atoms with Crippen LogP contribution in [0.25, 0.3) is 33.5 Å². The van der Waals surface area contributed by atoms with Crippen molar-refractivity contribution in [1.82, 2.24) is 19.7 Å². The van der Waals surface area contributed by atoms with Crippen molar-refractivity contribution < 1.29 is 14.9 Å². The van der Waals surface area contributed by atoms with Crippen LogP contribution in [0.5, 0.6) is 0 Å². The summed E-state index contributed by atoms with van der Waals surface area (Å²) in [7, 11) is 0. The number of carbonyl (C=O) groups excluding carboxylic acids is 1. The molecule has 0 aliphatic rings. The largest absolute Gasteiger partial charge is 0.426 e. The van der Waals surface area contributed by atoms with Crippen LogP contribution in [0, 0.1) is 10.1 Å². The van der Waals surface area contributed by atoms with Gasteiger partial charge in [-0.3, -0.25) is 19.8 Å². The maximum absolute atomic E-state index is 13.2. The van der Waals surface area contributed by atoms with E-state index in [1.165, 1.54) is 24.4 Å². The zero-order valence-electron chi connectivity index (χ0n) is 20.3. The average molecular weight is 507 g/mol. The molecule has 0 radical (unpaired) electrons. The van der Waals surface area contributed by atoms with E-state index < -0.39 is 11.0 Å². The van der Waals surface area contributed by atoms with Crippen LogP contribution in [0.15, 0.2) is 98.2 Å². The number of carbonyl (C=O) groups is 1. The number of nitrogens with zero attached hydrogens (tertiary/aromatic N) is 6. The highest BCUT2D eigenvalue weighted by atomic mass is 16.6. The summed E-state index contributed by atoms with van der Waals surface area (Å²) in [6.45, 7) is 5.28. The summed E-state index contributed by atoms with van der Waals surface area (Å²) >= 11 is 0. The van der Waals surface area contributed by atoms with Gasteiger partial charge < -0.3 is 5.21 Å². The molecule has 38 heavy (non-hydrogen) atoms. The molecule has 1 amide bonds. The van der Waals surface area contributed by atoms with Crippen molar-refractivity contribution in [1.29, 1.82) is 0 Å². The second-order valence-corrected chi connectivity index (χ2v) is 8.57. The minimum Gasteiger partial charge on any atom is -0.426 e. The highest BCUT2D eigenvalue weighted by molar-refractivity contribution is 6.07. The molecule has 3 aromatic carbocycles. The van der Waals surface area contributed by atoms with Crippen LogP contribution in [-0.4, -0.2) is 35.7 Å².